The molecule has 70 valence electrons. The summed E-state index contributed by atoms with van der Waals surface area (Å²) < 4.78 is 13.2. The van der Waals surface area contributed by atoms with Gasteiger partial charge in [-0.1, -0.05) is 12.1 Å². The number of hydrogen-bond donors (Lipinski definition) is 2. The second kappa shape index (κ2) is 3.36. The van der Waals surface area contributed by atoms with Crippen molar-refractivity contribution >= 4 is 23.5 Å². The van der Waals surface area contributed by atoms with Gasteiger partial charge in [0.2, 0.25) is 0 Å². The maximum Gasteiger partial charge on any atom is 0.489 e. The minimum Gasteiger partial charge on any atom is -0.423 e. The van der Waals surface area contributed by atoms with E-state index in [9.17, 15) is 4.39 Å². The van der Waals surface area contributed by atoms with Gasteiger partial charge in [-0.05, 0) is 17.6 Å². The molecule has 0 unspecified atom stereocenters. The first kappa shape index (κ1) is 9.11. The first-order chi connectivity index (χ1) is 6.70. The fourth-order valence-electron chi connectivity index (χ4n) is 1.39. The number of aromatic nitrogens is 1. The maximum absolute atomic E-state index is 13.2. The Morgan fingerprint density at radius 1 is 1.21 bits per heavy atom. The molecule has 14 heavy (non-hydrogen) atoms. The van der Waals surface area contributed by atoms with E-state index < -0.39 is 12.9 Å². The number of hydrogen-bond acceptors (Lipinski definition) is 3. The van der Waals surface area contributed by atoms with E-state index in [4.69, 9.17) is 10.0 Å². The summed E-state index contributed by atoms with van der Waals surface area (Å²) in [5.41, 5.74) is 0.410. The van der Waals surface area contributed by atoms with Crippen molar-refractivity contribution in [3.63, 3.8) is 0 Å². The Bertz CT molecular complexity index is 475. The Morgan fingerprint density at radius 2 is 2.00 bits per heavy atom. The van der Waals surface area contributed by atoms with Crippen LogP contribution in [0.15, 0.2) is 30.5 Å². The van der Waals surface area contributed by atoms with Crippen LogP contribution < -0.4 is 5.46 Å². The Hall–Kier alpha value is -1.46. The van der Waals surface area contributed by atoms with Crippen LogP contribution >= 0.6 is 0 Å². The highest BCUT2D eigenvalue weighted by molar-refractivity contribution is 6.61. The Kier molecular flexibility index (Phi) is 2.19. The summed E-state index contributed by atoms with van der Waals surface area (Å²) in [4.78, 5) is 3.83. The number of rotatable bonds is 1. The number of benzene rings is 1. The van der Waals surface area contributed by atoms with E-state index in [2.05, 4.69) is 4.98 Å². The highest BCUT2D eigenvalue weighted by Gasteiger charge is 2.16. The van der Waals surface area contributed by atoms with E-state index in [1.165, 1.54) is 18.3 Å². The van der Waals surface area contributed by atoms with Crippen LogP contribution in [0.5, 0.6) is 0 Å². The second-order valence-corrected chi connectivity index (χ2v) is 2.91. The summed E-state index contributed by atoms with van der Waals surface area (Å²) in [6, 6.07) is 5.72. The largest absolute Gasteiger partial charge is 0.489 e. The first-order valence-electron chi connectivity index (χ1n) is 4.09. The normalized spacial score (nSPS) is 10.5. The molecule has 0 bridgehead atoms. The fraction of sp³-hybridized carbons (Fsp3) is 0. The summed E-state index contributed by atoms with van der Waals surface area (Å²) in [6.07, 6.45) is 1.46. The molecule has 1 aromatic carbocycles. The number of pyridine rings is 1. The van der Waals surface area contributed by atoms with Crippen molar-refractivity contribution < 1.29 is 14.4 Å². The van der Waals surface area contributed by atoms with Crippen molar-refractivity contribution in [2.24, 2.45) is 0 Å². The van der Waals surface area contributed by atoms with E-state index >= 15 is 0 Å². The zero-order valence-electron chi connectivity index (χ0n) is 7.18. The van der Waals surface area contributed by atoms with Gasteiger partial charge >= 0.3 is 7.12 Å². The van der Waals surface area contributed by atoms with Crippen molar-refractivity contribution in [1.29, 1.82) is 0 Å². The van der Waals surface area contributed by atoms with Gasteiger partial charge in [0.1, 0.15) is 11.3 Å². The van der Waals surface area contributed by atoms with E-state index in [1.807, 2.05) is 0 Å². The first-order valence-corrected chi connectivity index (χ1v) is 4.09. The van der Waals surface area contributed by atoms with Crippen LogP contribution in [0.1, 0.15) is 0 Å². The molecule has 0 fully saturated rings. The summed E-state index contributed by atoms with van der Waals surface area (Å²) in [7, 11) is -1.61. The molecule has 5 heteroatoms. The van der Waals surface area contributed by atoms with Gasteiger partial charge in [-0.15, -0.1) is 0 Å². The van der Waals surface area contributed by atoms with Crippen molar-refractivity contribution in [3.8, 4) is 0 Å². The summed E-state index contributed by atoms with van der Waals surface area (Å²) in [5.74, 6) is -0.468. The predicted octanol–water partition coefficient (Wildman–Crippen LogP) is 0.0537. The summed E-state index contributed by atoms with van der Waals surface area (Å²) in [5, 5.41) is 18.5. The van der Waals surface area contributed by atoms with Crippen LogP contribution in [0.2, 0.25) is 0 Å². The van der Waals surface area contributed by atoms with Gasteiger partial charge in [-0.3, -0.25) is 4.98 Å². The number of fused-ring (bicyclic) bond motifs is 1. The Balaban J connectivity index is 2.82. The molecule has 2 aromatic rings. The van der Waals surface area contributed by atoms with Crippen molar-refractivity contribution in [3.05, 3.63) is 36.3 Å². The second-order valence-electron chi connectivity index (χ2n) is 2.91. The summed E-state index contributed by atoms with van der Waals surface area (Å²) in [6.45, 7) is 0. The molecule has 0 spiro atoms. The van der Waals surface area contributed by atoms with Gasteiger partial charge in [0.25, 0.3) is 0 Å². The van der Waals surface area contributed by atoms with Gasteiger partial charge in [0.15, 0.2) is 0 Å². The van der Waals surface area contributed by atoms with Crippen LogP contribution in [0.25, 0.3) is 10.9 Å². The average molecular weight is 191 g/mol. The SMILES string of the molecule is OB(O)c1ccc(F)c2ncccc12. The van der Waals surface area contributed by atoms with Gasteiger partial charge in [-0.2, -0.15) is 0 Å². The molecular formula is C9H7BFNO2. The minimum absolute atomic E-state index is 0.151. The van der Waals surface area contributed by atoms with Crippen molar-refractivity contribution in [1.82, 2.24) is 4.98 Å². The molecule has 2 N–H and O–H groups in total. The lowest BCUT2D eigenvalue weighted by Crippen LogP contribution is -2.30. The van der Waals surface area contributed by atoms with Crippen LogP contribution in [-0.4, -0.2) is 22.2 Å². The molecule has 0 atom stereocenters. The molecule has 2 rings (SSSR count). The average Bonchev–Trinajstić information content (AvgIpc) is 2.18. The molecule has 0 aliphatic heterocycles. The van der Waals surface area contributed by atoms with Crippen LogP contribution in [0.4, 0.5) is 4.39 Å². The highest BCUT2D eigenvalue weighted by atomic mass is 19.1. The molecule has 0 radical (unpaired) electrons. The smallest absolute Gasteiger partial charge is 0.423 e. The monoisotopic (exact) mass is 191 g/mol. The van der Waals surface area contributed by atoms with Gasteiger partial charge in [0.05, 0.1) is 0 Å². The maximum atomic E-state index is 13.2. The molecule has 3 nitrogen and oxygen atoms in total. The lowest BCUT2D eigenvalue weighted by molar-refractivity contribution is 0.426. The van der Waals surface area contributed by atoms with Gasteiger partial charge in [0, 0.05) is 11.6 Å². The lowest BCUT2D eigenvalue weighted by Gasteiger charge is -2.04. The predicted molar refractivity (Wildman–Crippen MR) is 51.5 cm³/mol. The minimum atomic E-state index is -1.61. The van der Waals surface area contributed by atoms with Crippen molar-refractivity contribution in [2.45, 2.75) is 0 Å². The molecule has 0 aliphatic rings. The van der Waals surface area contributed by atoms with E-state index in [-0.39, 0.29) is 11.0 Å². The van der Waals surface area contributed by atoms with E-state index in [0.29, 0.717) is 5.39 Å². The Morgan fingerprint density at radius 3 is 2.71 bits per heavy atom. The Labute approximate surface area is 80.0 Å². The molecular weight excluding hydrogens is 184 g/mol. The standard InChI is InChI=1S/C9H7BFNO2/c11-8-4-3-7(10(13)14)6-2-1-5-12-9(6)8/h1-5,13-14H. The number of nitrogens with zero attached hydrogens (tertiary/aromatic N) is 1. The topological polar surface area (TPSA) is 53.4 Å². The quantitative estimate of drug-likeness (QED) is 0.626. The molecule has 0 saturated carbocycles. The molecule has 1 heterocycles. The van der Waals surface area contributed by atoms with Crippen LogP contribution in [0, 0.1) is 5.82 Å². The highest BCUT2D eigenvalue weighted by Crippen LogP contribution is 2.12. The molecule has 0 amide bonds. The van der Waals surface area contributed by atoms with Gasteiger partial charge < -0.3 is 10.0 Å². The zero-order valence-corrected chi connectivity index (χ0v) is 7.18. The third-order valence-electron chi connectivity index (χ3n) is 2.03. The van der Waals surface area contributed by atoms with E-state index in [0.717, 1.165) is 0 Å². The van der Waals surface area contributed by atoms with Crippen LogP contribution in [0.3, 0.4) is 0 Å². The van der Waals surface area contributed by atoms with Crippen LogP contribution in [-0.2, 0) is 0 Å². The fourth-order valence-corrected chi connectivity index (χ4v) is 1.39. The third-order valence-corrected chi connectivity index (χ3v) is 2.03. The number of halogens is 1. The molecule has 1 aromatic heterocycles. The summed E-state index contributed by atoms with van der Waals surface area (Å²) >= 11 is 0. The van der Waals surface area contributed by atoms with Crippen molar-refractivity contribution in [2.75, 3.05) is 0 Å². The van der Waals surface area contributed by atoms with Gasteiger partial charge in [-0.25, -0.2) is 4.39 Å². The molecule has 0 saturated heterocycles. The third kappa shape index (κ3) is 1.36. The van der Waals surface area contributed by atoms with E-state index in [1.54, 1.807) is 12.1 Å². The lowest BCUT2D eigenvalue weighted by atomic mass is 9.78. The zero-order chi connectivity index (χ0) is 10.1. The molecule has 0 aliphatic carbocycles.